The first-order valence-electron chi connectivity index (χ1n) is 5.06. The van der Waals surface area contributed by atoms with E-state index in [9.17, 15) is 9.59 Å². The number of benzene rings is 1. The second kappa shape index (κ2) is 4.25. The first kappa shape index (κ1) is 11.1. The highest BCUT2D eigenvalue weighted by Crippen LogP contribution is 2.14. The van der Waals surface area contributed by atoms with E-state index in [4.69, 9.17) is 5.11 Å². The van der Waals surface area contributed by atoms with Crippen molar-refractivity contribution in [2.75, 3.05) is 0 Å². The molecule has 3 N–H and O–H groups in total. The highest BCUT2D eigenvalue weighted by molar-refractivity contribution is 6.05. The molecular formula is C11H11N3O3. The number of carbonyl (C=O) groups excluding carboxylic acids is 1. The molecule has 1 heterocycles. The van der Waals surface area contributed by atoms with E-state index in [1.54, 1.807) is 18.2 Å². The number of aromatic nitrogens is 2. The number of nitrogens with one attached hydrogen (secondary N) is 2. The SMILES string of the molecule is C[C@H](NC(=O)c1n[nH]c2ccccc12)C(=O)O. The van der Waals surface area contributed by atoms with Gasteiger partial charge in [-0.05, 0) is 13.0 Å². The normalized spacial score (nSPS) is 12.3. The average Bonchev–Trinajstić information content (AvgIpc) is 2.72. The lowest BCUT2D eigenvalue weighted by molar-refractivity contribution is -0.138. The van der Waals surface area contributed by atoms with Crippen molar-refractivity contribution < 1.29 is 14.7 Å². The number of rotatable bonds is 3. The van der Waals surface area contributed by atoms with Crippen LogP contribution in [0.4, 0.5) is 0 Å². The number of amides is 1. The minimum atomic E-state index is -1.09. The maximum atomic E-state index is 11.8. The molecule has 1 aromatic heterocycles. The van der Waals surface area contributed by atoms with Gasteiger partial charge < -0.3 is 10.4 Å². The van der Waals surface area contributed by atoms with E-state index < -0.39 is 17.9 Å². The van der Waals surface area contributed by atoms with Gasteiger partial charge in [0.05, 0.1) is 5.52 Å². The average molecular weight is 233 g/mol. The second-order valence-corrected chi connectivity index (χ2v) is 3.65. The lowest BCUT2D eigenvalue weighted by Crippen LogP contribution is -2.38. The van der Waals surface area contributed by atoms with Gasteiger partial charge in [0, 0.05) is 5.39 Å². The van der Waals surface area contributed by atoms with E-state index in [2.05, 4.69) is 15.5 Å². The van der Waals surface area contributed by atoms with E-state index in [1.807, 2.05) is 6.07 Å². The molecule has 0 aliphatic heterocycles. The Balaban J connectivity index is 2.28. The van der Waals surface area contributed by atoms with Gasteiger partial charge in [-0.1, -0.05) is 18.2 Å². The Hall–Kier alpha value is -2.37. The number of fused-ring (bicyclic) bond motifs is 1. The molecule has 2 aromatic rings. The van der Waals surface area contributed by atoms with Crippen LogP contribution in [0.15, 0.2) is 24.3 Å². The Labute approximate surface area is 96.6 Å². The van der Waals surface area contributed by atoms with Crippen LogP contribution in [-0.4, -0.2) is 33.2 Å². The predicted molar refractivity (Wildman–Crippen MR) is 60.7 cm³/mol. The monoisotopic (exact) mass is 233 g/mol. The predicted octanol–water partition coefficient (Wildman–Crippen LogP) is 0.766. The van der Waals surface area contributed by atoms with Gasteiger partial charge in [-0.2, -0.15) is 5.10 Å². The fourth-order valence-electron chi connectivity index (χ4n) is 1.46. The summed E-state index contributed by atoms with van der Waals surface area (Å²) in [6.45, 7) is 1.40. The topological polar surface area (TPSA) is 95.1 Å². The Kier molecular flexibility index (Phi) is 2.78. The van der Waals surface area contributed by atoms with Gasteiger partial charge in [0.15, 0.2) is 5.69 Å². The molecule has 0 saturated carbocycles. The van der Waals surface area contributed by atoms with E-state index in [0.717, 1.165) is 5.52 Å². The number of hydrogen-bond donors (Lipinski definition) is 3. The maximum Gasteiger partial charge on any atom is 0.325 e. The number of carboxylic acid groups (broad SMARTS) is 1. The lowest BCUT2D eigenvalue weighted by Gasteiger charge is -2.07. The van der Waals surface area contributed by atoms with E-state index in [0.29, 0.717) is 5.39 Å². The fourth-order valence-corrected chi connectivity index (χ4v) is 1.46. The summed E-state index contributed by atoms with van der Waals surface area (Å²) in [6, 6.07) is 6.20. The molecule has 0 aliphatic rings. The van der Waals surface area contributed by atoms with Gasteiger partial charge in [-0.15, -0.1) is 0 Å². The summed E-state index contributed by atoms with van der Waals surface area (Å²) in [5.74, 6) is -1.59. The molecule has 2 rings (SSSR count). The van der Waals surface area contributed by atoms with Gasteiger partial charge >= 0.3 is 5.97 Å². The maximum absolute atomic E-state index is 11.8. The molecule has 88 valence electrons. The summed E-state index contributed by atoms with van der Waals surface area (Å²) < 4.78 is 0. The lowest BCUT2D eigenvalue weighted by atomic mass is 10.2. The molecule has 0 radical (unpaired) electrons. The molecule has 0 saturated heterocycles. The van der Waals surface area contributed by atoms with E-state index in [-0.39, 0.29) is 5.69 Å². The summed E-state index contributed by atoms with van der Waals surface area (Å²) in [5, 5.41) is 18.3. The van der Waals surface area contributed by atoms with Crippen molar-refractivity contribution in [3.05, 3.63) is 30.0 Å². The van der Waals surface area contributed by atoms with Crippen LogP contribution < -0.4 is 5.32 Å². The molecule has 1 aromatic carbocycles. The molecule has 0 fully saturated rings. The molecule has 0 aliphatic carbocycles. The van der Waals surface area contributed by atoms with Gasteiger partial charge in [-0.25, -0.2) is 0 Å². The van der Waals surface area contributed by atoms with E-state index in [1.165, 1.54) is 6.92 Å². The van der Waals surface area contributed by atoms with Crippen LogP contribution in [-0.2, 0) is 4.79 Å². The molecule has 17 heavy (non-hydrogen) atoms. The zero-order chi connectivity index (χ0) is 12.4. The van der Waals surface area contributed by atoms with Crippen molar-refractivity contribution in [2.45, 2.75) is 13.0 Å². The van der Waals surface area contributed by atoms with Crippen molar-refractivity contribution in [2.24, 2.45) is 0 Å². The smallest absolute Gasteiger partial charge is 0.325 e. The quantitative estimate of drug-likeness (QED) is 0.729. The number of carboxylic acids is 1. The van der Waals surface area contributed by atoms with Gasteiger partial charge in [0.2, 0.25) is 0 Å². The van der Waals surface area contributed by atoms with Crippen molar-refractivity contribution >= 4 is 22.8 Å². The largest absolute Gasteiger partial charge is 0.480 e. The summed E-state index contributed by atoms with van der Waals surface area (Å²) >= 11 is 0. The zero-order valence-electron chi connectivity index (χ0n) is 9.10. The summed E-state index contributed by atoms with van der Waals surface area (Å²) in [4.78, 5) is 22.4. The number of aliphatic carboxylic acids is 1. The van der Waals surface area contributed by atoms with Crippen LogP contribution in [0.3, 0.4) is 0 Å². The molecular weight excluding hydrogens is 222 g/mol. The minimum absolute atomic E-state index is 0.203. The van der Waals surface area contributed by atoms with Gasteiger partial charge in [-0.3, -0.25) is 14.7 Å². The molecule has 1 amide bonds. The molecule has 0 unspecified atom stereocenters. The number of para-hydroxylation sites is 1. The highest BCUT2D eigenvalue weighted by atomic mass is 16.4. The highest BCUT2D eigenvalue weighted by Gasteiger charge is 2.18. The van der Waals surface area contributed by atoms with Crippen LogP contribution in [0.1, 0.15) is 17.4 Å². The molecule has 0 spiro atoms. The van der Waals surface area contributed by atoms with Crippen molar-refractivity contribution in [1.29, 1.82) is 0 Å². The van der Waals surface area contributed by atoms with Crippen LogP contribution in [0.2, 0.25) is 0 Å². The Morgan fingerprint density at radius 3 is 2.82 bits per heavy atom. The molecule has 6 heteroatoms. The first-order chi connectivity index (χ1) is 8.09. The molecule has 0 bridgehead atoms. The minimum Gasteiger partial charge on any atom is -0.480 e. The standard InChI is InChI=1S/C11H11N3O3/c1-6(11(16)17)12-10(15)9-7-4-2-3-5-8(7)13-14-9/h2-6H,1H3,(H,12,15)(H,13,14)(H,16,17)/t6-/m0/s1. The van der Waals surface area contributed by atoms with Gasteiger partial charge in [0.25, 0.3) is 5.91 Å². The third-order valence-corrected chi connectivity index (χ3v) is 2.40. The molecule has 1 atom stereocenters. The number of hydrogen-bond acceptors (Lipinski definition) is 3. The Morgan fingerprint density at radius 1 is 1.41 bits per heavy atom. The third-order valence-electron chi connectivity index (χ3n) is 2.40. The first-order valence-corrected chi connectivity index (χ1v) is 5.06. The Bertz CT molecular complexity index is 576. The summed E-state index contributed by atoms with van der Waals surface area (Å²) in [5.41, 5.74) is 0.939. The summed E-state index contributed by atoms with van der Waals surface area (Å²) in [6.07, 6.45) is 0. The van der Waals surface area contributed by atoms with Crippen LogP contribution in [0.5, 0.6) is 0 Å². The number of nitrogens with zero attached hydrogens (tertiary/aromatic N) is 1. The number of carbonyl (C=O) groups is 2. The fraction of sp³-hybridized carbons (Fsp3) is 0.182. The van der Waals surface area contributed by atoms with Crippen LogP contribution in [0.25, 0.3) is 10.9 Å². The number of H-pyrrole nitrogens is 1. The van der Waals surface area contributed by atoms with Crippen molar-refractivity contribution in [1.82, 2.24) is 15.5 Å². The number of aromatic amines is 1. The summed E-state index contributed by atoms with van der Waals surface area (Å²) in [7, 11) is 0. The third kappa shape index (κ3) is 2.10. The Morgan fingerprint density at radius 2 is 2.12 bits per heavy atom. The van der Waals surface area contributed by atoms with Crippen molar-refractivity contribution in [3.8, 4) is 0 Å². The van der Waals surface area contributed by atoms with Gasteiger partial charge in [0.1, 0.15) is 6.04 Å². The molecule has 6 nitrogen and oxygen atoms in total. The van der Waals surface area contributed by atoms with E-state index >= 15 is 0 Å². The van der Waals surface area contributed by atoms with Crippen molar-refractivity contribution in [3.63, 3.8) is 0 Å². The van der Waals surface area contributed by atoms with Crippen LogP contribution >= 0.6 is 0 Å². The second-order valence-electron chi connectivity index (χ2n) is 3.65. The zero-order valence-corrected chi connectivity index (χ0v) is 9.10. The van der Waals surface area contributed by atoms with Crippen LogP contribution in [0, 0.1) is 0 Å².